The van der Waals surface area contributed by atoms with E-state index in [2.05, 4.69) is 10.6 Å². The predicted octanol–water partition coefficient (Wildman–Crippen LogP) is 2.25. The second kappa shape index (κ2) is 9.14. The van der Waals surface area contributed by atoms with Crippen molar-refractivity contribution >= 4 is 11.6 Å². The van der Waals surface area contributed by atoms with Crippen molar-refractivity contribution in [2.75, 3.05) is 45.8 Å². The lowest BCUT2D eigenvalue weighted by Gasteiger charge is -2.19. The fourth-order valence-electron chi connectivity index (χ4n) is 2.80. The number of fused-ring (bicyclic) bond motifs is 1. The van der Waals surface area contributed by atoms with E-state index in [4.69, 9.17) is 18.9 Å². The molecule has 0 saturated heterocycles. The molecular formula is C20H24N2O5. The van der Waals surface area contributed by atoms with Gasteiger partial charge in [-0.2, -0.15) is 0 Å². The van der Waals surface area contributed by atoms with Gasteiger partial charge in [-0.05, 0) is 42.8 Å². The second-order valence-corrected chi connectivity index (χ2v) is 6.02. The monoisotopic (exact) mass is 372 g/mol. The first-order chi connectivity index (χ1) is 13.2. The van der Waals surface area contributed by atoms with E-state index in [0.29, 0.717) is 48.4 Å². The minimum absolute atomic E-state index is 0.112. The van der Waals surface area contributed by atoms with E-state index in [0.717, 1.165) is 12.0 Å². The first kappa shape index (κ1) is 18.8. The zero-order valence-corrected chi connectivity index (χ0v) is 15.5. The Hall–Kier alpha value is -2.93. The molecule has 0 spiro atoms. The highest BCUT2D eigenvalue weighted by atomic mass is 16.6. The molecule has 1 aliphatic rings. The number of methoxy groups -OCH3 is 2. The van der Waals surface area contributed by atoms with Crippen LogP contribution in [0.2, 0.25) is 0 Å². The van der Waals surface area contributed by atoms with Crippen molar-refractivity contribution in [3.8, 4) is 23.0 Å². The van der Waals surface area contributed by atoms with Crippen molar-refractivity contribution < 1.29 is 23.7 Å². The lowest BCUT2D eigenvalue weighted by Crippen LogP contribution is -2.29. The maximum atomic E-state index is 12.1. The molecule has 2 aromatic rings. The van der Waals surface area contributed by atoms with Crippen LogP contribution in [0.5, 0.6) is 23.0 Å². The number of hydrogen-bond acceptors (Lipinski definition) is 6. The van der Waals surface area contributed by atoms with Gasteiger partial charge in [0.25, 0.3) is 0 Å². The maximum absolute atomic E-state index is 12.1. The SMILES string of the molecule is COc1ccc(CCNCC(=O)Nc2ccc3c(c2)OCCO3)cc1OC. The quantitative estimate of drug-likeness (QED) is 0.692. The number of amides is 1. The molecule has 0 atom stereocenters. The molecule has 2 aromatic carbocycles. The topological polar surface area (TPSA) is 78.1 Å². The molecule has 0 fully saturated rings. The highest BCUT2D eigenvalue weighted by Gasteiger charge is 2.12. The number of ether oxygens (including phenoxy) is 4. The number of nitrogens with one attached hydrogen (secondary N) is 2. The summed E-state index contributed by atoms with van der Waals surface area (Å²) in [5.41, 5.74) is 1.79. The van der Waals surface area contributed by atoms with Crippen molar-refractivity contribution in [3.05, 3.63) is 42.0 Å². The molecule has 0 unspecified atom stereocenters. The van der Waals surface area contributed by atoms with Crippen molar-refractivity contribution in [1.82, 2.24) is 5.32 Å². The zero-order chi connectivity index (χ0) is 19.1. The normalized spacial score (nSPS) is 12.4. The van der Waals surface area contributed by atoms with Crippen molar-refractivity contribution in [3.63, 3.8) is 0 Å². The van der Waals surface area contributed by atoms with E-state index in [1.807, 2.05) is 18.2 Å². The van der Waals surface area contributed by atoms with E-state index >= 15 is 0 Å². The lowest BCUT2D eigenvalue weighted by molar-refractivity contribution is -0.115. The van der Waals surface area contributed by atoms with E-state index in [-0.39, 0.29) is 12.5 Å². The van der Waals surface area contributed by atoms with Crippen LogP contribution < -0.4 is 29.6 Å². The largest absolute Gasteiger partial charge is 0.493 e. The summed E-state index contributed by atoms with van der Waals surface area (Å²) in [5, 5.41) is 5.99. The Bertz CT molecular complexity index is 794. The van der Waals surface area contributed by atoms with Crippen LogP contribution in [0, 0.1) is 0 Å². The van der Waals surface area contributed by atoms with Gasteiger partial charge in [0.05, 0.1) is 20.8 Å². The number of benzene rings is 2. The third-order valence-corrected chi connectivity index (χ3v) is 4.15. The van der Waals surface area contributed by atoms with Gasteiger partial charge in [-0.25, -0.2) is 0 Å². The molecule has 3 rings (SSSR count). The number of anilines is 1. The van der Waals surface area contributed by atoms with Crippen LogP contribution in [0.15, 0.2) is 36.4 Å². The second-order valence-electron chi connectivity index (χ2n) is 6.02. The molecule has 1 amide bonds. The molecule has 7 heteroatoms. The van der Waals surface area contributed by atoms with Gasteiger partial charge in [0.1, 0.15) is 13.2 Å². The lowest BCUT2D eigenvalue weighted by atomic mass is 10.1. The molecule has 2 N–H and O–H groups in total. The third kappa shape index (κ3) is 5.04. The molecule has 0 aliphatic carbocycles. The molecule has 0 aromatic heterocycles. The van der Waals surface area contributed by atoms with Gasteiger partial charge in [-0.1, -0.05) is 6.07 Å². The average molecular weight is 372 g/mol. The molecule has 1 heterocycles. The summed E-state index contributed by atoms with van der Waals surface area (Å²) >= 11 is 0. The Labute approximate surface area is 158 Å². The first-order valence-corrected chi connectivity index (χ1v) is 8.80. The van der Waals surface area contributed by atoms with E-state index in [1.54, 1.807) is 32.4 Å². The van der Waals surface area contributed by atoms with Gasteiger partial charge in [0, 0.05) is 11.8 Å². The van der Waals surface area contributed by atoms with Gasteiger partial charge in [-0.15, -0.1) is 0 Å². The molecular weight excluding hydrogens is 348 g/mol. The fourth-order valence-corrected chi connectivity index (χ4v) is 2.80. The Balaban J connectivity index is 1.43. The van der Waals surface area contributed by atoms with Gasteiger partial charge < -0.3 is 29.6 Å². The Kier molecular flexibility index (Phi) is 6.38. The Morgan fingerprint density at radius 2 is 1.78 bits per heavy atom. The molecule has 0 saturated carbocycles. The molecule has 7 nitrogen and oxygen atoms in total. The number of carbonyl (C=O) groups excluding carboxylic acids is 1. The van der Waals surface area contributed by atoms with Gasteiger partial charge in [0.15, 0.2) is 23.0 Å². The molecule has 0 bridgehead atoms. The summed E-state index contributed by atoms with van der Waals surface area (Å²) in [5.74, 6) is 2.64. The third-order valence-electron chi connectivity index (χ3n) is 4.15. The Morgan fingerprint density at radius 1 is 1.00 bits per heavy atom. The minimum Gasteiger partial charge on any atom is -0.493 e. The van der Waals surface area contributed by atoms with Gasteiger partial charge in [0.2, 0.25) is 5.91 Å². The van der Waals surface area contributed by atoms with Crippen LogP contribution in [-0.2, 0) is 11.2 Å². The summed E-state index contributed by atoms with van der Waals surface area (Å²) in [6.45, 7) is 1.95. The summed E-state index contributed by atoms with van der Waals surface area (Å²) in [6.07, 6.45) is 0.775. The van der Waals surface area contributed by atoms with E-state index in [9.17, 15) is 4.79 Å². The zero-order valence-electron chi connectivity index (χ0n) is 15.5. The standard InChI is InChI=1S/C20H24N2O5/c1-24-16-5-3-14(11-18(16)25-2)7-8-21-13-20(23)22-15-4-6-17-19(12-15)27-10-9-26-17/h3-6,11-12,21H,7-10,13H2,1-2H3,(H,22,23). The van der Waals surface area contributed by atoms with Crippen molar-refractivity contribution in [1.29, 1.82) is 0 Å². The molecule has 144 valence electrons. The maximum Gasteiger partial charge on any atom is 0.238 e. The number of rotatable bonds is 8. The molecule has 27 heavy (non-hydrogen) atoms. The highest BCUT2D eigenvalue weighted by molar-refractivity contribution is 5.92. The Morgan fingerprint density at radius 3 is 2.56 bits per heavy atom. The summed E-state index contributed by atoms with van der Waals surface area (Å²) in [7, 11) is 3.22. The molecule has 0 radical (unpaired) electrons. The summed E-state index contributed by atoms with van der Waals surface area (Å²) < 4.78 is 21.5. The smallest absolute Gasteiger partial charge is 0.238 e. The van der Waals surface area contributed by atoms with Crippen LogP contribution in [0.4, 0.5) is 5.69 Å². The van der Waals surface area contributed by atoms with Crippen molar-refractivity contribution in [2.45, 2.75) is 6.42 Å². The van der Waals surface area contributed by atoms with Crippen LogP contribution in [0.25, 0.3) is 0 Å². The van der Waals surface area contributed by atoms with Gasteiger partial charge in [-0.3, -0.25) is 4.79 Å². The summed E-state index contributed by atoms with van der Waals surface area (Å²) in [4.78, 5) is 12.1. The van der Waals surface area contributed by atoms with Crippen LogP contribution >= 0.6 is 0 Å². The number of hydrogen-bond donors (Lipinski definition) is 2. The van der Waals surface area contributed by atoms with Gasteiger partial charge >= 0.3 is 0 Å². The van der Waals surface area contributed by atoms with Crippen LogP contribution in [0.1, 0.15) is 5.56 Å². The first-order valence-electron chi connectivity index (χ1n) is 8.80. The van der Waals surface area contributed by atoms with Crippen molar-refractivity contribution in [2.24, 2.45) is 0 Å². The summed E-state index contributed by atoms with van der Waals surface area (Å²) in [6, 6.07) is 11.2. The highest BCUT2D eigenvalue weighted by Crippen LogP contribution is 2.32. The molecule has 1 aliphatic heterocycles. The van der Waals surface area contributed by atoms with Crippen LogP contribution in [-0.4, -0.2) is 46.4 Å². The van der Waals surface area contributed by atoms with E-state index < -0.39 is 0 Å². The average Bonchev–Trinajstić information content (AvgIpc) is 2.71. The predicted molar refractivity (Wildman–Crippen MR) is 102 cm³/mol. The van der Waals surface area contributed by atoms with Crippen LogP contribution in [0.3, 0.4) is 0 Å². The minimum atomic E-state index is -0.112. The fraction of sp³-hybridized carbons (Fsp3) is 0.350. The number of carbonyl (C=O) groups is 1. The van der Waals surface area contributed by atoms with E-state index in [1.165, 1.54) is 0 Å².